The van der Waals surface area contributed by atoms with E-state index in [-0.39, 0.29) is 6.10 Å². The molecule has 1 heteroatoms. The van der Waals surface area contributed by atoms with Crippen molar-refractivity contribution < 1.29 is 5.11 Å². The Morgan fingerprint density at radius 3 is 2.06 bits per heavy atom. The maximum atomic E-state index is 9.76. The van der Waals surface area contributed by atoms with Gasteiger partial charge in [-0.05, 0) is 37.0 Å². The molecule has 1 aliphatic rings. The number of rotatable bonds is 4. The zero-order valence-electron chi connectivity index (χ0n) is 14.0. The molecule has 1 N–H and O–H groups in total. The Kier molecular flexibility index (Phi) is 15.1. The summed E-state index contributed by atoms with van der Waals surface area (Å²) in [7, 11) is 0. The Balaban J connectivity index is 0. The highest BCUT2D eigenvalue weighted by molar-refractivity contribution is 4.79. The molecule has 1 rings (SSSR count). The zero-order valence-corrected chi connectivity index (χ0v) is 14.0. The van der Waals surface area contributed by atoms with Gasteiger partial charge in [0, 0.05) is 0 Å². The van der Waals surface area contributed by atoms with Gasteiger partial charge in [0.2, 0.25) is 0 Å². The quantitative estimate of drug-likeness (QED) is 0.689. The van der Waals surface area contributed by atoms with Gasteiger partial charge in [-0.2, -0.15) is 0 Å². The topological polar surface area (TPSA) is 20.2 Å². The van der Waals surface area contributed by atoms with Crippen LogP contribution in [-0.4, -0.2) is 11.2 Å². The third-order valence-corrected chi connectivity index (χ3v) is 3.73. The van der Waals surface area contributed by atoms with Crippen molar-refractivity contribution in [2.24, 2.45) is 17.8 Å². The third-order valence-electron chi connectivity index (χ3n) is 3.73. The molecular weight excluding hydrogens is 220 g/mol. The number of aliphatic hydroxyl groups is 1. The van der Waals surface area contributed by atoms with Crippen molar-refractivity contribution in [1.82, 2.24) is 0 Å². The van der Waals surface area contributed by atoms with E-state index in [0.29, 0.717) is 5.92 Å². The van der Waals surface area contributed by atoms with Gasteiger partial charge in [-0.15, -0.1) is 0 Å². The first-order chi connectivity index (χ1) is 8.63. The molecule has 0 saturated heterocycles. The van der Waals surface area contributed by atoms with Crippen molar-refractivity contribution >= 4 is 0 Å². The molecule has 18 heavy (non-hydrogen) atoms. The summed E-state index contributed by atoms with van der Waals surface area (Å²) in [6, 6.07) is 0. The first-order valence-corrected chi connectivity index (χ1v) is 8.31. The Morgan fingerprint density at radius 1 is 1.06 bits per heavy atom. The predicted octanol–water partition coefficient (Wildman–Crippen LogP) is 5.66. The summed E-state index contributed by atoms with van der Waals surface area (Å²) in [5.74, 6) is 2.31. The monoisotopic (exact) mass is 258 g/mol. The summed E-state index contributed by atoms with van der Waals surface area (Å²) in [5, 5.41) is 9.76. The van der Waals surface area contributed by atoms with E-state index in [1.54, 1.807) is 0 Å². The van der Waals surface area contributed by atoms with Crippen LogP contribution < -0.4 is 0 Å². The molecule has 0 aromatic rings. The van der Waals surface area contributed by atoms with Gasteiger partial charge in [0.15, 0.2) is 0 Å². The highest BCUT2D eigenvalue weighted by Gasteiger charge is 2.27. The number of hydrogen-bond donors (Lipinski definition) is 1. The van der Waals surface area contributed by atoms with Crippen LogP contribution in [0.5, 0.6) is 0 Å². The summed E-state index contributed by atoms with van der Waals surface area (Å²) in [6.07, 6.45) is 7.45. The number of hydrogen-bond acceptors (Lipinski definition) is 1. The van der Waals surface area contributed by atoms with E-state index in [9.17, 15) is 5.11 Å². The van der Waals surface area contributed by atoms with Crippen LogP contribution in [0.25, 0.3) is 0 Å². The normalized spacial score (nSPS) is 26.8. The molecule has 112 valence electrons. The minimum Gasteiger partial charge on any atom is -0.393 e. The minimum atomic E-state index is -0.00435. The summed E-state index contributed by atoms with van der Waals surface area (Å²) in [4.78, 5) is 0. The van der Waals surface area contributed by atoms with E-state index in [0.717, 1.165) is 24.7 Å². The minimum absolute atomic E-state index is 0.00435. The molecule has 0 radical (unpaired) electrons. The molecule has 1 fully saturated rings. The van der Waals surface area contributed by atoms with Gasteiger partial charge in [-0.1, -0.05) is 67.7 Å². The molecule has 0 amide bonds. The fourth-order valence-electron chi connectivity index (χ4n) is 2.62. The van der Waals surface area contributed by atoms with Crippen LogP contribution in [0.4, 0.5) is 0 Å². The summed E-state index contributed by atoms with van der Waals surface area (Å²) in [5.41, 5.74) is 0. The van der Waals surface area contributed by atoms with E-state index in [2.05, 4.69) is 20.8 Å². The van der Waals surface area contributed by atoms with Gasteiger partial charge in [0.1, 0.15) is 0 Å². The Bertz CT molecular complexity index is 154. The molecule has 1 aliphatic carbocycles. The maximum absolute atomic E-state index is 9.76. The number of aliphatic hydroxyl groups excluding tert-OH is 1. The van der Waals surface area contributed by atoms with Crippen LogP contribution in [0, 0.1) is 17.8 Å². The van der Waals surface area contributed by atoms with Crippen LogP contribution in [-0.2, 0) is 0 Å². The SMILES string of the molecule is CC.CC.CCC1CC(CCC(C)C)CCC1O. The molecule has 0 spiro atoms. The standard InChI is InChI=1S/C13H26O.2C2H6/c1-4-12-9-11(6-5-10(2)3)7-8-13(12)14;2*1-2/h10-14H,4-9H2,1-3H3;2*1-2H3. The lowest BCUT2D eigenvalue weighted by atomic mass is 9.76. The smallest absolute Gasteiger partial charge is 0.0568 e. The highest BCUT2D eigenvalue weighted by Crippen LogP contribution is 2.34. The van der Waals surface area contributed by atoms with Crippen LogP contribution in [0.3, 0.4) is 0 Å². The average Bonchev–Trinajstić information content (AvgIpc) is 2.42. The molecule has 0 aliphatic heterocycles. The lowest BCUT2D eigenvalue weighted by molar-refractivity contribution is 0.0434. The fraction of sp³-hybridized carbons (Fsp3) is 1.00. The van der Waals surface area contributed by atoms with E-state index in [1.807, 2.05) is 27.7 Å². The summed E-state index contributed by atoms with van der Waals surface area (Å²) in [6.45, 7) is 14.8. The zero-order chi connectivity index (χ0) is 14.6. The molecule has 3 unspecified atom stereocenters. The van der Waals surface area contributed by atoms with Crippen molar-refractivity contribution in [3.63, 3.8) is 0 Å². The second-order valence-electron chi connectivity index (χ2n) is 5.39. The van der Waals surface area contributed by atoms with E-state index >= 15 is 0 Å². The summed E-state index contributed by atoms with van der Waals surface area (Å²) < 4.78 is 0. The molecule has 1 saturated carbocycles. The van der Waals surface area contributed by atoms with Gasteiger partial charge < -0.3 is 5.11 Å². The Labute approximate surface area is 116 Å². The van der Waals surface area contributed by atoms with Gasteiger partial charge in [0.25, 0.3) is 0 Å². The van der Waals surface area contributed by atoms with Crippen molar-refractivity contribution in [1.29, 1.82) is 0 Å². The van der Waals surface area contributed by atoms with Gasteiger partial charge in [0.05, 0.1) is 6.10 Å². The van der Waals surface area contributed by atoms with Crippen molar-refractivity contribution in [2.75, 3.05) is 0 Å². The van der Waals surface area contributed by atoms with Crippen LogP contribution in [0.15, 0.2) is 0 Å². The Morgan fingerprint density at radius 2 is 1.61 bits per heavy atom. The highest BCUT2D eigenvalue weighted by atomic mass is 16.3. The molecule has 0 aromatic heterocycles. The van der Waals surface area contributed by atoms with E-state index < -0.39 is 0 Å². The molecule has 3 atom stereocenters. The van der Waals surface area contributed by atoms with Gasteiger partial charge in [-0.3, -0.25) is 0 Å². The molecule has 1 nitrogen and oxygen atoms in total. The van der Waals surface area contributed by atoms with Crippen molar-refractivity contribution in [3.05, 3.63) is 0 Å². The van der Waals surface area contributed by atoms with E-state index in [4.69, 9.17) is 0 Å². The first kappa shape index (κ1) is 20.3. The maximum Gasteiger partial charge on any atom is 0.0568 e. The summed E-state index contributed by atoms with van der Waals surface area (Å²) >= 11 is 0. The van der Waals surface area contributed by atoms with Gasteiger partial charge in [-0.25, -0.2) is 0 Å². The van der Waals surface area contributed by atoms with Crippen LogP contribution >= 0.6 is 0 Å². The van der Waals surface area contributed by atoms with Crippen LogP contribution in [0.2, 0.25) is 0 Å². The first-order valence-electron chi connectivity index (χ1n) is 8.31. The lowest BCUT2D eigenvalue weighted by Crippen LogP contribution is -2.28. The second-order valence-corrected chi connectivity index (χ2v) is 5.39. The van der Waals surface area contributed by atoms with Crippen molar-refractivity contribution in [2.45, 2.75) is 93.1 Å². The molecule has 0 bridgehead atoms. The van der Waals surface area contributed by atoms with Crippen molar-refractivity contribution in [3.8, 4) is 0 Å². The third kappa shape index (κ3) is 8.97. The Hall–Kier alpha value is -0.0400. The molecule has 0 heterocycles. The van der Waals surface area contributed by atoms with Gasteiger partial charge >= 0.3 is 0 Å². The molecular formula is C17H38O. The van der Waals surface area contributed by atoms with E-state index in [1.165, 1.54) is 25.7 Å². The lowest BCUT2D eigenvalue weighted by Gasteiger charge is -2.33. The molecule has 0 aromatic carbocycles. The predicted molar refractivity (Wildman–Crippen MR) is 83.9 cm³/mol. The van der Waals surface area contributed by atoms with Crippen LogP contribution in [0.1, 0.15) is 87.0 Å². The largest absolute Gasteiger partial charge is 0.393 e. The second kappa shape index (κ2) is 13.4. The average molecular weight is 258 g/mol. The fourth-order valence-corrected chi connectivity index (χ4v) is 2.62.